The molecule has 152 valence electrons. The Kier molecular flexibility index (Phi) is 5.72. The lowest BCUT2D eigenvalue weighted by Crippen LogP contribution is -2.30. The quantitative estimate of drug-likeness (QED) is 0.390. The number of nitrogens with one attached hydrogen (secondary N) is 3. The first-order chi connectivity index (χ1) is 14.4. The second-order valence-electron chi connectivity index (χ2n) is 5.66. The molecule has 0 bridgehead atoms. The molecule has 3 rings (SSSR count). The highest BCUT2D eigenvalue weighted by molar-refractivity contribution is 5.95. The van der Waals surface area contributed by atoms with Crippen molar-refractivity contribution in [3.63, 3.8) is 0 Å². The zero-order valence-electron chi connectivity index (χ0n) is 14.9. The zero-order chi connectivity index (χ0) is 21.7. The largest absolute Gasteiger partial charge is 0.355 e. The highest BCUT2D eigenvalue weighted by Crippen LogP contribution is 2.31. The standard InChI is InChI=1S/C17H12FN7O5/c18-12-3-1-2-4-13(12)21-15-14(25(29)30)16(20-9-19-15)22-23-17(26)10-5-7-11(8-6-10)24(27)28/h1-9H,(H,23,26)(H2,19,20,21,22). The summed E-state index contributed by atoms with van der Waals surface area (Å²) in [4.78, 5) is 40.4. The first-order valence-electron chi connectivity index (χ1n) is 8.18. The van der Waals surface area contributed by atoms with Gasteiger partial charge < -0.3 is 5.32 Å². The van der Waals surface area contributed by atoms with Gasteiger partial charge >= 0.3 is 5.69 Å². The van der Waals surface area contributed by atoms with Gasteiger partial charge in [-0.1, -0.05) is 12.1 Å². The summed E-state index contributed by atoms with van der Waals surface area (Å²) in [6, 6.07) is 10.2. The Bertz CT molecular complexity index is 1120. The molecule has 30 heavy (non-hydrogen) atoms. The highest BCUT2D eigenvalue weighted by atomic mass is 19.1. The third-order valence-electron chi connectivity index (χ3n) is 3.77. The first kappa shape index (κ1) is 20.1. The van der Waals surface area contributed by atoms with Crippen molar-refractivity contribution in [1.29, 1.82) is 0 Å². The molecule has 0 radical (unpaired) electrons. The minimum atomic E-state index is -0.802. The number of benzene rings is 2. The summed E-state index contributed by atoms with van der Waals surface area (Å²) >= 11 is 0. The Morgan fingerprint density at radius 3 is 2.23 bits per heavy atom. The maximum atomic E-state index is 13.8. The summed E-state index contributed by atoms with van der Waals surface area (Å²) in [5, 5.41) is 24.7. The fourth-order valence-electron chi connectivity index (χ4n) is 2.35. The van der Waals surface area contributed by atoms with Gasteiger partial charge in [-0.3, -0.25) is 35.9 Å². The molecule has 13 heteroatoms. The summed E-state index contributed by atoms with van der Waals surface area (Å²) in [7, 11) is 0. The lowest BCUT2D eigenvalue weighted by Gasteiger charge is -2.11. The van der Waals surface area contributed by atoms with Crippen molar-refractivity contribution in [2.45, 2.75) is 0 Å². The van der Waals surface area contributed by atoms with Gasteiger partial charge in [-0.15, -0.1) is 0 Å². The summed E-state index contributed by atoms with van der Waals surface area (Å²) in [6.07, 6.45) is 0.983. The molecule has 0 aliphatic rings. The number of carbonyl (C=O) groups is 1. The van der Waals surface area contributed by atoms with Crippen LogP contribution in [0.1, 0.15) is 10.4 Å². The molecular weight excluding hydrogens is 401 g/mol. The molecular formula is C17H12FN7O5. The summed E-state index contributed by atoms with van der Waals surface area (Å²) in [5.41, 5.74) is 3.71. The topological polar surface area (TPSA) is 165 Å². The highest BCUT2D eigenvalue weighted by Gasteiger charge is 2.24. The maximum absolute atomic E-state index is 13.8. The molecule has 1 amide bonds. The van der Waals surface area contributed by atoms with Gasteiger partial charge in [0.25, 0.3) is 11.6 Å². The van der Waals surface area contributed by atoms with Gasteiger partial charge in [0.2, 0.25) is 11.6 Å². The Morgan fingerprint density at radius 2 is 1.60 bits per heavy atom. The number of halogens is 1. The molecule has 0 atom stereocenters. The van der Waals surface area contributed by atoms with E-state index >= 15 is 0 Å². The molecule has 0 aliphatic carbocycles. The van der Waals surface area contributed by atoms with Gasteiger partial charge in [0.15, 0.2) is 0 Å². The number of aromatic nitrogens is 2. The number of amides is 1. The van der Waals surface area contributed by atoms with Crippen LogP contribution in [-0.2, 0) is 0 Å². The van der Waals surface area contributed by atoms with E-state index in [4.69, 9.17) is 0 Å². The van der Waals surface area contributed by atoms with Crippen LogP contribution in [0.3, 0.4) is 0 Å². The first-order valence-corrected chi connectivity index (χ1v) is 8.18. The van der Waals surface area contributed by atoms with Crippen LogP contribution in [0.2, 0.25) is 0 Å². The van der Waals surface area contributed by atoms with Crippen LogP contribution in [0.5, 0.6) is 0 Å². The van der Waals surface area contributed by atoms with Crippen LogP contribution >= 0.6 is 0 Å². The molecule has 0 aliphatic heterocycles. The molecule has 0 saturated carbocycles. The SMILES string of the molecule is O=C(NNc1ncnc(Nc2ccccc2F)c1[N+](=O)[O-])c1ccc([N+](=O)[O-])cc1. The third kappa shape index (κ3) is 4.41. The van der Waals surface area contributed by atoms with Crippen molar-refractivity contribution in [2.24, 2.45) is 0 Å². The number of anilines is 3. The average Bonchev–Trinajstić information content (AvgIpc) is 2.73. The van der Waals surface area contributed by atoms with Gasteiger partial charge in [-0.2, -0.15) is 0 Å². The molecule has 3 aromatic rings. The summed E-state index contributed by atoms with van der Waals surface area (Å²) < 4.78 is 13.8. The van der Waals surface area contributed by atoms with E-state index < -0.39 is 27.3 Å². The number of non-ortho nitro benzene ring substituents is 1. The van der Waals surface area contributed by atoms with Crippen LogP contribution in [0.15, 0.2) is 54.9 Å². The lowest BCUT2D eigenvalue weighted by molar-refractivity contribution is -0.384. The molecule has 1 heterocycles. The fourth-order valence-corrected chi connectivity index (χ4v) is 2.35. The predicted molar refractivity (Wildman–Crippen MR) is 103 cm³/mol. The van der Waals surface area contributed by atoms with Crippen LogP contribution in [0.4, 0.5) is 33.1 Å². The van der Waals surface area contributed by atoms with E-state index in [1.54, 1.807) is 0 Å². The smallest absolute Gasteiger partial charge is 0.332 e. The number of hydrogen-bond acceptors (Lipinski definition) is 9. The number of carbonyl (C=O) groups excluding carboxylic acids is 1. The number of hydrazine groups is 1. The van der Waals surface area contributed by atoms with Gasteiger partial charge in [0.05, 0.1) is 15.5 Å². The van der Waals surface area contributed by atoms with E-state index in [2.05, 4.69) is 26.1 Å². The third-order valence-corrected chi connectivity index (χ3v) is 3.77. The minimum absolute atomic E-state index is 0.0415. The van der Waals surface area contributed by atoms with Crippen LogP contribution in [-0.4, -0.2) is 25.7 Å². The Labute approximate surface area is 167 Å². The molecule has 12 nitrogen and oxygen atoms in total. The molecule has 1 aromatic heterocycles. The number of rotatable bonds is 7. The van der Waals surface area contributed by atoms with E-state index in [0.29, 0.717) is 0 Å². The van der Waals surface area contributed by atoms with Crippen molar-refractivity contribution in [3.8, 4) is 0 Å². The van der Waals surface area contributed by atoms with E-state index in [1.807, 2.05) is 0 Å². The number of hydrogen-bond donors (Lipinski definition) is 3. The van der Waals surface area contributed by atoms with Gasteiger partial charge in [0.1, 0.15) is 12.1 Å². The van der Waals surface area contributed by atoms with Crippen LogP contribution < -0.4 is 16.2 Å². The van der Waals surface area contributed by atoms with E-state index in [0.717, 1.165) is 18.5 Å². The Morgan fingerprint density at radius 1 is 0.933 bits per heavy atom. The van der Waals surface area contributed by atoms with Crippen LogP contribution in [0.25, 0.3) is 0 Å². The Hall–Kier alpha value is -4.68. The van der Waals surface area contributed by atoms with Crippen molar-refractivity contribution >= 4 is 34.6 Å². The van der Waals surface area contributed by atoms with Gasteiger partial charge in [0, 0.05) is 17.7 Å². The molecule has 0 spiro atoms. The van der Waals surface area contributed by atoms with Crippen molar-refractivity contribution in [3.05, 3.63) is 86.5 Å². The second kappa shape index (κ2) is 8.55. The summed E-state index contributed by atoms with van der Waals surface area (Å²) in [5.74, 6) is -2.02. The second-order valence-corrected chi connectivity index (χ2v) is 5.66. The van der Waals surface area contributed by atoms with E-state index in [9.17, 15) is 29.4 Å². The minimum Gasteiger partial charge on any atom is -0.332 e. The predicted octanol–water partition coefficient (Wildman–Crippen LogP) is 2.93. The molecule has 0 fully saturated rings. The number of nitro benzene ring substituents is 1. The maximum Gasteiger partial charge on any atom is 0.355 e. The zero-order valence-corrected chi connectivity index (χ0v) is 14.9. The molecule has 0 unspecified atom stereocenters. The average molecular weight is 413 g/mol. The fraction of sp³-hybridized carbons (Fsp3) is 0. The molecule has 0 saturated heterocycles. The van der Waals surface area contributed by atoms with Gasteiger partial charge in [-0.25, -0.2) is 14.4 Å². The van der Waals surface area contributed by atoms with Crippen molar-refractivity contribution in [1.82, 2.24) is 15.4 Å². The van der Waals surface area contributed by atoms with E-state index in [-0.39, 0.29) is 28.6 Å². The molecule has 3 N–H and O–H groups in total. The van der Waals surface area contributed by atoms with Crippen LogP contribution in [0, 0.1) is 26.0 Å². The normalized spacial score (nSPS) is 10.2. The Balaban J connectivity index is 1.80. The van der Waals surface area contributed by atoms with Gasteiger partial charge in [-0.05, 0) is 24.3 Å². The van der Waals surface area contributed by atoms with Crippen molar-refractivity contribution < 1.29 is 19.0 Å². The van der Waals surface area contributed by atoms with Crippen molar-refractivity contribution in [2.75, 3.05) is 10.7 Å². The number of nitrogens with zero attached hydrogens (tertiary/aromatic N) is 4. The molecule has 2 aromatic carbocycles. The van der Waals surface area contributed by atoms with E-state index in [1.165, 1.54) is 36.4 Å². The number of nitro groups is 2. The monoisotopic (exact) mass is 413 g/mol. The number of para-hydroxylation sites is 1. The summed E-state index contributed by atoms with van der Waals surface area (Å²) in [6.45, 7) is 0. The lowest BCUT2D eigenvalue weighted by atomic mass is 10.2.